The number of piperidine rings is 1. The molecule has 0 spiro atoms. The molecule has 9 nitrogen and oxygen atoms in total. The van der Waals surface area contributed by atoms with Gasteiger partial charge in [0.25, 0.3) is 5.91 Å². The third-order valence-corrected chi connectivity index (χ3v) is 4.70. The monoisotopic (exact) mass is 366 g/mol. The highest BCUT2D eigenvalue weighted by molar-refractivity contribution is 6.01. The molecule has 0 unspecified atom stereocenters. The summed E-state index contributed by atoms with van der Waals surface area (Å²) in [5.74, 6) is 1.16. The highest BCUT2D eigenvalue weighted by atomic mass is 16.2. The summed E-state index contributed by atoms with van der Waals surface area (Å²) in [4.78, 5) is 17.1. The van der Waals surface area contributed by atoms with Gasteiger partial charge in [0.1, 0.15) is 0 Å². The summed E-state index contributed by atoms with van der Waals surface area (Å²) in [6, 6.07) is 7.83. The molecule has 1 saturated heterocycles. The predicted octanol–water partition coefficient (Wildman–Crippen LogP) is 1.42. The van der Waals surface area contributed by atoms with E-state index in [0.717, 1.165) is 43.0 Å². The standard InChI is InChI=1S/C18H22N8O/c1-12-4-3-5-14(10-12)26-11-15(22-24-26)17(27)21-18-20-16(23-25(18)2)13-6-8-19-9-7-13/h3-5,10-11,13,19H,6-9H2,1-2H3,(H,20,21,23,27). The summed E-state index contributed by atoms with van der Waals surface area (Å²) in [6.07, 6.45) is 3.61. The minimum Gasteiger partial charge on any atom is -0.317 e. The molecule has 0 atom stereocenters. The van der Waals surface area contributed by atoms with Gasteiger partial charge in [-0.2, -0.15) is 10.1 Å². The van der Waals surface area contributed by atoms with Crippen LogP contribution in [0, 0.1) is 6.92 Å². The van der Waals surface area contributed by atoms with Gasteiger partial charge in [0.05, 0.1) is 11.9 Å². The lowest BCUT2D eigenvalue weighted by Crippen LogP contribution is -2.27. The number of hydrogen-bond donors (Lipinski definition) is 2. The molecule has 1 amide bonds. The van der Waals surface area contributed by atoms with Crippen molar-refractivity contribution >= 4 is 11.9 Å². The first-order valence-electron chi connectivity index (χ1n) is 9.02. The molecule has 4 rings (SSSR count). The third-order valence-electron chi connectivity index (χ3n) is 4.70. The fourth-order valence-electron chi connectivity index (χ4n) is 3.20. The number of rotatable bonds is 4. The number of aromatic nitrogens is 6. The van der Waals surface area contributed by atoms with Crippen LogP contribution < -0.4 is 10.6 Å². The fraction of sp³-hybridized carbons (Fsp3) is 0.389. The van der Waals surface area contributed by atoms with Crippen LogP contribution in [0.3, 0.4) is 0 Å². The molecule has 0 bridgehead atoms. The molecular weight excluding hydrogens is 344 g/mol. The summed E-state index contributed by atoms with van der Waals surface area (Å²) in [6.45, 7) is 3.93. The van der Waals surface area contributed by atoms with Crippen LogP contribution in [0.5, 0.6) is 0 Å². The number of carbonyl (C=O) groups excluding carboxylic acids is 1. The smallest absolute Gasteiger partial charge is 0.280 e. The molecule has 9 heteroatoms. The quantitative estimate of drug-likeness (QED) is 0.724. The lowest BCUT2D eigenvalue weighted by Gasteiger charge is -2.19. The average Bonchev–Trinajstić information content (AvgIpc) is 3.30. The Balaban J connectivity index is 1.49. The largest absolute Gasteiger partial charge is 0.317 e. The number of amides is 1. The van der Waals surface area contributed by atoms with E-state index in [1.54, 1.807) is 22.6 Å². The number of benzene rings is 1. The molecule has 0 aliphatic carbocycles. The summed E-state index contributed by atoms with van der Waals surface area (Å²) in [5.41, 5.74) is 2.19. The second-order valence-electron chi connectivity index (χ2n) is 6.78. The normalized spacial score (nSPS) is 15.0. The average molecular weight is 366 g/mol. The van der Waals surface area contributed by atoms with Crippen LogP contribution in [0.15, 0.2) is 30.5 Å². The van der Waals surface area contributed by atoms with Gasteiger partial charge in [-0.1, -0.05) is 17.3 Å². The van der Waals surface area contributed by atoms with Gasteiger partial charge in [-0.05, 0) is 50.6 Å². The molecule has 0 radical (unpaired) electrons. The van der Waals surface area contributed by atoms with E-state index in [1.165, 1.54) is 0 Å². The molecule has 1 aromatic carbocycles. The Labute approximate surface area is 156 Å². The predicted molar refractivity (Wildman–Crippen MR) is 99.9 cm³/mol. The molecule has 27 heavy (non-hydrogen) atoms. The van der Waals surface area contributed by atoms with E-state index >= 15 is 0 Å². The minimum absolute atomic E-state index is 0.225. The first-order chi connectivity index (χ1) is 13.1. The third kappa shape index (κ3) is 3.72. The Morgan fingerprint density at radius 2 is 2.11 bits per heavy atom. The molecule has 2 aromatic heterocycles. The van der Waals surface area contributed by atoms with Gasteiger partial charge in [0, 0.05) is 13.0 Å². The molecule has 0 saturated carbocycles. The summed E-state index contributed by atoms with van der Waals surface area (Å²) < 4.78 is 3.18. The maximum atomic E-state index is 12.5. The zero-order chi connectivity index (χ0) is 18.8. The van der Waals surface area contributed by atoms with Gasteiger partial charge in [-0.3, -0.25) is 10.1 Å². The summed E-state index contributed by atoms with van der Waals surface area (Å²) >= 11 is 0. The summed E-state index contributed by atoms with van der Waals surface area (Å²) in [5, 5.41) is 18.6. The van der Waals surface area contributed by atoms with Crippen molar-refractivity contribution in [3.63, 3.8) is 0 Å². The van der Waals surface area contributed by atoms with Crippen molar-refractivity contribution in [1.82, 2.24) is 35.1 Å². The van der Waals surface area contributed by atoms with Crippen LogP contribution in [0.25, 0.3) is 5.69 Å². The number of aryl methyl sites for hydroxylation is 2. The van der Waals surface area contributed by atoms with Crippen LogP contribution >= 0.6 is 0 Å². The first-order valence-corrected chi connectivity index (χ1v) is 9.02. The van der Waals surface area contributed by atoms with Crippen molar-refractivity contribution in [2.75, 3.05) is 18.4 Å². The van der Waals surface area contributed by atoms with Crippen molar-refractivity contribution in [2.24, 2.45) is 7.05 Å². The molecule has 140 valence electrons. The van der Waals surface area contributed by atoms with Crippen molar-refractivity contribution in [3.05, 3.63) is 47.5 Å². The van der Waals surface area contributed by atoms with Crippen LogP contribution in [-0.4, -0.2) is 48.8 Å². The van der Waals surface area contributed by atoms with Crippen molar-refractivity contribution < 1.29 is 4.79 Å². The molecule has 1 fully saturated rings. The van der Waals surface area contributed by atoms with E-state index < -0.39 is 0 Å². The topological polar surface area (TPSA) is 103 Å². The van der Waals surface area contributed by atoms with Crippen LogP contribution in [0.2, 0.25) is 0 Å². The van der Waals surface area contributed by atoms with Gasteiger partial charge in [0.15, 0.2) is 11.5 Å². The molecule has 3 heterocycles. The van der Waals surface area contributed by atoms with Gasteiger partial charge in [-0.25, -0.2) is 9.36 Å². The second kappa shape index (κ2) is 7.28. The number of nitrogens with one attached hydrogen (secondary N) is 2. The van der Waals surface area contributed by atoms with E-state index in [4.69, 9.17) is 0 Å². The number of anilines is 1. The Kier molecular flexibility index (Phi) is 4.68. The maximum absolute atomic E-state index is 12.5. The van der Waals surface area contributed by atoms with Crippen molar-refractivity contribution in [2.45, 2.75) is 25.7 Å². The Hall–Kier alpha value is -3.07. The molecule has 1 aliphatic rings. The van der Waals surface area contributed by atoms with Crippen LogP contribution in [-0.2, 0) is 7.05 Å². The molecule has 1 aliphatic heterocycles. The number of hydrogen-bond acceptors (Lipinski definition) is 6. The molecule has 2 N–H and O–H groups in total. The highest BCUT2D eigenvalue weighted by Gasteiger charge is 2.22. The summed E-state index contributed by atoms with van der Waals surface area (Å²) in [7, 11) is 1.77. The maximum Gasteiger partial charge on any atom is 0.280 e. The number of nitrogens with zero attached hydrogens (tertiary/aromatic N) is 6. The van der Waals surface area contributed by atoms with E-state index in [-0.39, 0.29) is 11.6 Å². The lowest BCUT2D eigenvalue weighted by atomic mass is 9.98. The van der Waals surface area contributed by atoms with Crippen molar-refractivity contribution in [3.8, 4) is 5.69 Å². The highest BCUT2D eigenvalue weighted by Crippen LogP contribution is 2.23. The molecular formula is C18H22N8O. The second-order valence-corrected chi connectivity index (χ2v) is 6.78. The van der Waals surface area contributed by atoms with Crippen LogP contribution in [0.1, 0.15) is 40.6 Å². The Bertz CT molecular complexity index is 954. The SMILES string of the molecule is Cc1cccc(-n2cc(C(=O)Nc3nc(C4CCNCC4)nn3C)nn2)c1. The van der Waals surface area contributed by atoms with E-state index in [2.05, 4.69) is 31.0 Å². The Morgan fingerprint density at radius 3 is 2.89 bits per heavy atom. The lowest BCUT2D eigenvalue weighted by molar-refractivity contribution is 0.102. The van der Waals surface area contributed by atoms with E-state index in [0.29, 0.717) is 11.9 Å². The van der Waals surface area contributed by atoms with Gasteiger partial charge in [-0.15, -0.1) is 5.10 Å². The van der Waals surface area contributed by atoms with Crippen LogP contribution in [0.4, 0.5) is 5.95 Å². The minimum atomic E-state index is -0.360. The fourth-order valence-corrected chi connectivity index (χ4v) is 3.20. The van der Waals surface area contributed by atoms with Gasteiger partial charge >= 0.3 is 0 Å². The van der Waals surface area contributed by atoms with E-state index in [1.807, 2.05) is 31.2 Å². The molecule has 3 aromatic rings. The van der Waals surface area contributed by atoms with Crippen molar-refractivity contribution in [1.29, 1.82) is 0 Å². The zero-order valence-electron chi connectivity index (χ0n) is 15.4. The first kappa shape index (κ1) is 17.3. The zero-order valence-corrected chi connectivity index (χ0v) is 15.4. The number of carbonyl (C=O) groups is 1. The van der Waals surface area contributed by atoms with Gasteiger partial charge < -0.3 is 5.32 Å². The van der Waals surface area contributed by atoms with Gasteiger partial charge in [0.2, 0.25) is 5.95 Å². The Morgan fingerprint density at radius 1 is 1.30 bits per heavy atom. The van der Waals surface area contributed by atoms with E-state index in [9.17, 15) is 4.79 Å².